The van der Waals surface area contributed by atoms with Crippen molar-refractivity contribution in [1.29, 1.82) is 5.26 Å². The molecule has 0 aliphatic rings. The van der Waals surface area contributed by atoms with Crippen LogP contribution in [0, 0.1) is 21.4 Å². The normalized spacial score (nSPS) is 9.63. The van der Waals surface area contributed by atoms with Gasteiger partial charge < -0.3 is 11.1 Å². The molecular weight excluding hydrogens is 248 g/mol. The molecule has 0 unspecified atom stereocenters. The maximum atomic E-state index is 10.8. The molecule has 0 aliphatic heterocycles. The van der Waals surface area contributed by atoms with Gasteiger partial charge in [0.2, 0.25) is 11.8 Å². The van der Waals surface area contributed by atoms with Crippen LogP contribution in [0.2, 0.25) is 0 Å². The Labute approximate surface area is 107 Å². The predicted octanol–water partition coefficient (Wildman–Crippen LogP) is 1.58. The van der Waals surface area contributed by atoms with Gasteiger partial charge in [0.15, 0.2) is 0 Å². The Balaban J connectivity index is 2.40. The lowest BCUT2D eigenvalue weighted by Crippen LogP contribution is -2.04. The highest BCUT2D eigenvalue weighted by atomic mass is 16.6. The molecule has 2 aromatic rings. The van der Waals surface area contributed by atoms with Crippen LogP contribution in [-0.2, 0) is 0 Å². The Morgan fingerprint density at radius 3 is 2.95 bits per heavy atom. The van der Waals surface area contributed by atoms with Gasteiger partial charge in [-0.1, -0.05) is 6.07 Å². The summed E-state index contributed by atoms with van der Waals surface area (Å²) in [6, 6.07) is 8.44. The third kappa shape index (κ3) is 2.73. The summed E-state index contributed by atoms with van der Waals surface area (Å²) in [6.07, 6.45) is 1.03. The second-order valence-corrected chi connectivity index (χ2v) is 3.54. The molecule has 0 atom stereocenters. The van der Waals surface area contributed by atoms with E-state index in [2.05, 4.69) is 15.3 Å². The van der Waals surface area contributed by atoms with E-state index in [4.69, 9.17) is 11.0 Å². The van der Waals surface area contributed by atoms with Gasteiger partial charge in [-0.2, -0.15) is 10.2 Å². The summed E-state index contributed by atoms with van der Waals surface area (Å²) in [5.41, 5.74) is 6.03. The Hall–Kier alpha value is -3.21. The smallest absolute Gasteiger partial charge is 0.329 e. The van der Waals surface area contributed by atoms with Crippen LogP contribution in [0.25, 0.3) is 0 Å². The van der Waals surface area contributed by atoms with Gasteiger partial charge in [0.1, 0.15) is 6.20 Å². The zero-order chi connectivity index (χ0) is 13.8. The number of aromatic nitrogens is 2. The molecule has 8 nitrogen and oxygen atoms in total. The van der Waals surface area contributed by atoms with Crippen LogP contribution in [-0.4, -0.2) is 14.9 Å². The number of nitrogens with zero attached hydrogens (tertiary/aromatic N) is 4. The van der Waals surface area contributed by atoms with Crippen molar-refractivity contribution >= 4 is 23.1 Å². The SMILES string of the molecule is N#Cc1cccc(Nc2nc(N)ncc2[N+](=O)[O-])c1. The summed E-state index contributed by atoms with van der Waals surface area (Å²) >= 11 is 0. The molecule has 0 bridgehead atoms. The van der Waals surface area contributed by atoms with Crippen LogP contribution in [0.3, 0.4) is 0 Å². The number of anilines is 3. The van der Waals surface area contributed by atoms with E-state index in [0.717, 1.165) is 6.20 Å². The van der Waals surface area contributed by atoms with E-state index in [-0.39, 0.29) is 17.5 Å². The number of nitriles is 1. The number of hydrogen-bond acceptors (Lipinski definition) is 7. The molecule has 0 amide bonds. The first-order chi connectivity index (χ1) is 9.10. The van der Waals surface area contributed by atoms with Crippen molar-refractivity contribution in [3.8, 4) is 6.07 Å². The van der Waals surface area contributed by atoms with Crippen molar-refractivity contribution in [3.63, 3.8) is 0 Å². The van der Waals surface area contributed by atoms with Crippen molar-refractivity contribution in [1.82, 2.24) is 9.97 Å². The number of benzene rings is 1. The minimum atomic E-state index is -0.615. The predicted molar refractivity (Wildman–Crippen MR) is 67.5 cm³/mol. The number of hydrogen-bond donors (Lipinski definition) is 2. The topological polar surface area (TPSA) is 131 Å². The standard InChI is InChI=1S/C11H8N6O2/c12-5-7-2-1-3-8(4-7)15-10-9(17(18)19)6-14-11(13)16-10/h1-4,6H,(H3,13,14,15,16). The van der Waals surface area contributed by atoms with Crippen LogP contribution in [0.1, 0.15) is 5.56 Å². The number of nitrogen functional groups attached to an aromatic ring is 1. The van der Waals surface area contributed by atoms with Crippen LogP contribution in [0.4, 0.5) is 23.1 Å². The third-order valence-corrected chi connectivity index (χ3v) is 2.24. The van der Waals surface area contributed by atoms with E-state index in [1.165, 1.54) is 0 Å². The third-order valence-electron chi connectivity index (χ3n) is 2.24. The summed E-state index contributed by atoms with van der Waals surface area (Å²) in [6.45, 7) is 0. The quantitative estimate of drug-likeness (QED) is 0.629. The van der Waals surface area contributed by atoms with Crippen molar-refractivity contribution in [2.45, 2.75) is 0 Å². The summed E-state index contributed by atoms with van der Waals surface area (Å²) in [7, 11) is 0. The maximum Gasteiger partial charge on any atom is 0.329 e. The average molecular weight is 256 g/mol. The van der Waals surface area contributed by atoms with E-state index in [0.29, 0.717) is 11.3 Å². The van der Waals surface area contributed by atoms with E-state index >= 15 is 0 Å². The molecular formula is C11H8N6O2. The van der Waals surface area contributed by atoms with Gasteiger partial charge >= 0.3 is 5.69 Å². The Kier molecular flexibility index (Phi) is 3.20. The fourth-order valence-electron chi connectivity index (χ4n) is 1.42. The molecule has 1 aromatic heterocycles. The zero-order valence-corrected chi connectivity index (χ0v) is 9.57. The summed E-state index contributed by atoms with van der Waals surface area (Å²) < 4.78 is 0. The van der Waals surface area contributed by atoms with E-state index < -0.39 is 4.92 Å². The lowest BCUT2D eigenvalue weighted by molar-refractivity contribution is -0.384. The highest BCUT2D eigenvalue weighted by Gasteiger charge is 2.16. The molecule has 3 N–H and O–H groups in total. The Morgan fingerprint density at radius 2 is 2.26 bits per heavy atom. The van der Waals surface area contributed by atoms with Crippen LogP contribution in [0.5, 0.6) is 0 Å². The molecule has 8 heteroatoms. The number of nitrogens with two attached hydrogens (primary N) is 1. The summed E-state index contributed by atoms with van der Waals surface area (Å²) in [4.78, 5) is 17.6. The fraction of sp³-hybridized carbons (Fsp3) is 0. The molecule has 0 aliphatic carbocycles. The lowest BCUT2D eigenvalue weighted by atomic mass is 10.2. The molecule has 0 fully saturated rings. The molecule has 1 heterocycles. The van der Waals surface area contributed by atoms with Crippen molar-refractivity contribution in [3.05, 3.63) is 46.1 Å². The molecule has 1 aromatic carbocycles. The van der Waals surface area contributed by atoms with Crippen molar-refractivity contribution in [2.24, 2.45) is 0 Å². The van der Waals surface area contributed by atoms with E-state index in [1.54, 1.807) is 24.3 Å². The molecule has 94 valence electrons. The average Bonchev–Trinajstić information content (AvgIpc) is 2.38. The largest absolute Gasteiger partial charge is 0.368 e. The minimum Gasteiger partial charge on any atom is -0.368 e. The van der Waals surface area contributed by atoms with E-state index in [9.17, 15) is 10.1 Å². The number of rotatable bonds is 3. The Morgan fingerprint density at radius 1 is 1.47 bits per heavy atom. The van der Waals surface area contributed by atoms with Gasteiger partial charge in [0, 0.05) is 5.69 Å². The molecule has 0 saturated carbocycles. The van der Waals surface area contributed by atoms with Gasteiger partial charge in [0.05, 0.1) is 16.6 Å². The Bertz CT molecular complexity index is 679. The second kappa shape index (κ2) is 4.97. The molecule has 19 heavy (non-hydrogen) atoms. The second-order valence-electron chi connectivity index (χ2n) is 3.54. The zero-order valence-electron chi connectivity index (χ0n) is 9.57. The van der Waals surface area contributed by atoms with Crippen molar-refractivity contribution in [2.75, 3.05) is 11.1 Å². The molecule has 0 saturated heterocycles. The first-order valence-electron chi connectivity index (χ1n) is 5.14. The van der Waals surface area contributed by atoms with Gasteiger partial charge in [-0.25, -0.2) is 4.98 Å². The number of nitro groups is 1. The van der Waals surface area contributed by atoms with Crippen LogP contribution in [0.15, 0.2) is 30.5 Å². The summed E-state index contributed by atoms with van der Waals surface area (Å²) in [5, 5.41) is 22.4. The van der Waals surface area contributed by atoms with Gasteiger partial charge in [-0.3, -0.25) is 10.1 Å². The molecule has 0 spiro atoms. The monoisotopic (exact) mass is 256 g/mol. The first kappa shape index (κ1) is 12.3. The lowest BCUT2D eigenvalue weighted by Gasteiger charge is -2.06. The van der Waals surface area contributed by atoms with Crippen LogP contribution >= 0.6 is 0 Å². The minimum absolute atomic E-state index is 0.0208. The highest BCUT2D eigenvalue weighted by Crippen LogP contribution is 2.25. The number of nitrogens with one attached hydrogen (secondary N) is 1. The fourth-order valence-corrected chi connectivity index (χ4v) is 1.42. The van der Waals surface area contributed by atoms with Gasteiger partial charge in [0.25, 0.3) is 0 Å². The first-order valence-corrected chi connectivity index (χ1v) is 5.14. The highest BCUT2D eigenvalue weighted by molar-refractivity contribution is 5.66. The summed E-state index contributed by atoms with van der Waals surface area (Å²) in [5.74, 6) is -0.0999. The van der Waals surface area contributed by atoms with Gasteiger partial charge in [-0.05, 0) is 18.2 Å². The molecule has 2 rings (SSSR count). The molecule has 0 radical (unpaired) electrons. The maximum absolute atomic E-state index is 10.8. The van der Waals surface area contributed by atoms with Crippen LogP contribution < -0.4 is 11.1 Å². The van der Waals surface area contributed by atoms with Gasteiger partial charge in [-0.15, -0.1) is 0 Å². The van der Waals surface area contributed by atoms with E-state index in [1.807, 2.05) is 6.07 Å². The van der Waals surface area contributed by atoms with Crippen molar-refractivity contribution < 1.29 is 4.92 Å².